The normalized spacial score (nSPS) is 30.7. The maximum Gasteiger partial charge on any atom is 0.269 e. The number of carbonyl (C=O) groups is 1. The highest BCUT2D eigenvalue weighted by atomic mass is 32.2. The second kappa shape index (κ2) is 4.22. The van der Waals surface area contributed by atoms with Gasteiger partial charge in [-0.2, -0.15) is 0 Å². The zero-order valence-electron chi connectivity index (χ0n) is 11.5. The summed E-state index contributed by atoms with van der Waals surface area (Å²) in [4.78, 5) is 12.3. The van der Waals surface area contributed by atoms with Gasteiger partial charge < -0.3 is 10.1 Å². The molecule has 0 bridgehead atoms. The Morgan fingerprint density at radius 3 is 2.85 bits per heavy atom. The van der Waals surface area contributed by atoms with Crippen molar-refractivity contribution < 1.29 is 17.9 Å². The maximum absolute atomic E-state index is 12.3. The minimum Gasteiger partial charge on any atom is -0.474 e. The van der Waals surface area contributed by atoms with Crippen molar-refractivity contribution in [2.45, 2.75) is 37.5 Å². The Labute approximate surface area is 118 Å². The van der Waals surface area contributed by atoms with Gasteiger partial charge in [0, 0.05) is 6.42 Å². The van der Waals surface area contributed by atoms with Crippen molar-refractivity contribution in [2.75, 3.05) is 11.1 Å². The molecule has 1 spiro atoms. The lowest BCUT2D eigenvalue weighted by atomic mass is 9.95. The zero-order chi connectivity index (χ0) is 14.5. The average molecular weight is 295 g/mol. The summed E-state index contributed by atoms with van der Waals surface area (Å²) < 4.78 is 30.1. The fourth-order valence-corrected chi connectivity index (χ4v) is 5.17. The van der Waals surface area contributed by atoms with Gasteiger partial charge in [-0.15, -0.1) is 0 Å². The summed E-state index contributed by atoms with van der Waals surface area (Å²) in [7, 11) is -3.27. The Hall–Kier alpha value is -1.56. The Morgan fingerprint density at radius 2 is 2.20 bits per heavy atom. The van der Waals surface area contributed by atoms with E-state index in [0.29, 0.717) is 17.9 Å². The molecule has 6 heteroatoms. The summed E-state index contributed by atoms with van der Waals surface area (Å²) in [5.74, 6) is -0.0465. The minimum atomic E-state index is -3.27. The second-order valence-electron chi connectivity index (χ2n) is 5.59. The molecule has 108 valence electrons. The van der Waals surface area contributed by atoms with Crippen LogP contribution in [0.3, 0.4) is 0 Å². The summed E-state index contributed by atoms with van der Waals surface area (Å²) in [5.41, 5.74) is 0.356. The third-order valence-electron chi connectivity index (χ3n) is 4.06. The quantitative estimate of drug-likeness (QED) is 0.855. The number of sulfone groups is 1. The molecule has 2 atom stereocenters. The van der Waals surface area contributed by atoms with E-state index in [1.807, 2.05) is 26.0 Å². The van der Waals surface area contributed by atoms with Gasteiger partial charge >= 0.3 is 0 Å². The smallest absolute Gasteiger partial charge is 0.269 e. The number of amides is 1. The van der Waals surface area contributed by atoms with Crippen molar-refractivity contribution in [1.29, 1.82) is 0 Å². The number of ether oxygens (including phenoxy) is 1. The number of hydrogen-bond acceptors (Lipinski definition) is 4. The zero-order valence-corrected chi connectivity index (χ0v) is 12.3. The van der Waals surface area contributed by atoms with Crippen LogP contribution in [-0.2, 0) is 14.6 Å². The highest BCUT2D eigenvalue weighted by Crippen LogP contribution is 2.42. The van der Waals surface area contributed by atoms with E-state index < -0.39 is 20.7 Å². The van der Waals surface area contributed by atoms with Gasteiger partial charge in [-0.3, -0.25) is 4.79 Å². The van der Waals surface area contributed by atoms with Crippen molar-refractivity contribution >= 4 is 21.4 Å². The Bertz CT molecular complexity index is 682. The molecule has 5 nitrogen and oxygen atoms in total. The van der Waals surface area contributed by atoms with Crippen molar-refractivity contribution in [3.05, 3.63) is 23.8 Å². The van der Waals surface area contributed by atoms with Crippen LogP contribution in [0.15, 0.2) is 18.2 Å². The predicted molar refractivity (Wildman–Crippen MR) is 75.7 cm³/mol. The second-order valence-corrected chi connectivity index (χ2v) is 7.87. The number of hydrogen-bond donors (Lipinski definition) is 1. The molecule has 3 rings (SSSR count). The molecular weight excluding hydrogens is 278 g/mol. The number of carbonyl (C=O) groups excluding carboxylic acids is 1. The van der Waals surface area contributed by atoms with Crippen LogP contribution in [0.5, 0.6) is 5.75 Å². The van der Waals surface area contributed by atoms with E-state index in [1.54, 1.807) is 6.07 Å². The number of aryl methyl sites for hydroxylation is 1. The van der Waals surface area contributed by atoms with E-state index in [-0.39, 0.29) is 18.1 Å². The first-order chi connectivity index (χ1) is 9.36. The van der Waals surface area contributed by atoms with Crippen LogP contribution >= 0.6 is 0 Å². The van der Waals surface area contributed by atoms with Crippen molar-refractivity contribution in [3.63, 3.8) is 0 Å². The topological polar surface area (TPSA) is 72.5 Å². The van der Waals surface area contributed by atoms with Gasteiger partial charge in [-0.1, -0.05) is 13.0 Å². The van der Waals surface area contributed by atoms with Gasteiger partial charge in [0.15, 0.2) is 9.84 Å². The molecule has 0 aromatic heterocycles. The molecular formula is C14H17NO4S. The van der Waals surface area contributed by atoms with Gasteiger partial charge in [-0.05, 0) is 31.0 Å². The van der Waals surface area contributed by atoms with Crippen LogP contribution in [0, 0.1) is 6.92 Å². The van der Waals surface area contributed by atoms with E-state index in [1.165, 1.54) is 0 Å². The van der Waals surface area contributed by atoms with Crippen LogP contribution in [0.1, 0.15) is 25.3 Å². The van der Waals surface area contributed by atoms with Crippen molar-refractivity contribution in [1.82, 2.24) is 0 Å². The highest BCUT2D eigenvalue weighted by molar-refractivity contribution is 7.92. The predicted octanol–water partition coefficient (Wildman–Crippen LogP) is 1.66. The lowest BCUT2D eigenvalue weighted by Gasteiger charge is -2.33. The molecule has 1 aromatic rings. The molecule has 1 fully saturated rings. The molecule has 1 aromatic carbocycles. The van der Waals surface area contributed by atoms with E-state index in [4.69, 9.17) is 4.74 Å². The molecule has 2 heterocycles. The lowest BCUT2D eigenvalue weighted by Crippen LogP contribution is -2.52. The van der Waals surface area contributed by atoms with Gasteiger partial charge in [0.05, 0.1) is 16.7 Å². The highest BCUT2D eigenvalue weighted by Gasteiger charge is 2.56. The van der Waals surface area contributed by atoms with Crippen molar-refractivity contribution in [2.24, 2.45) is 0 Å². The van der Waals surface area contributed by atoms with Crippen LogP contribution in [-0.4, -0.2) is 30.9 Å². The third kappa shape index (κ3) is 1.90. The van der Waals surface area contributed by atoms with Gasteiger partial charge in [-0.25, -0.2) is 8.42 Å². The molecule has 20 heavy (non-hydrogen) atoms. The number of nitrogens with one attached hydrogen (secondary N) is 1. The standard InChI is InChI=1S/C14H17NO4S/c1-3-10-7-14(8-20(10,17)18)13(16)15-11-6-9(2)4-5-12(11)19-14/h4-6,10H,3,7-8H2,1-2H3,(H,15,16). The van der Waals surface area contributed by atoms with E-state index in [9.17, 15) is 13.2 Å². The molecule has 0 saturated carbocycles. The monoisotopic (exact) mass is 295 g/mol. The number of rotatable bonds is 1. The third-order valence-corrected chi connectivity index (χ3v) is 6.44. The summed E-state index contributed by atoms with van der Waals surface area (Å²) in [6.07, 6.45) is 0.729. The van der Waals surface area contributed by atoms with Crippen LogP contribution < -0.4 is 10.1 Å². The Balaban J connectivity index is 2.01. The van der Waals surface area contributed by atoms with Gasteiger partial charge in [0.25, 0.3) is 5.91 Å². The van der Waals surface area contributed by atoms with Crippen LogP contribution in [0.4, 0.5) is 5.69 Å². The minimum absolute atomic E-state index is 0.227. The molecule has 2 unspecified atom stereocenters. The molecule has 1 N–H and O–H groups in total. The van der Waals surface area contributed by atoms with Gasteiger partial charge in [0.2, 0.25) is 5.60 Å². The molecule has 0 aliphatic carbocycles. The van der Waals surface area contributed by atoms with E-state index in [2.05, 4.69) is 5.32 Å². The van der Waals surface area contributed by atoms with E-state index in [0.717, 1.165) is 5.56 Å². The first kappa shape index (κ1) is 13.4. The molecule has 2 aliphatic rings. The Morgan fingerprint density at radius 1 is 1.45 bits per heavy atom. The SMILES string of the molecule is CCC1CC2(CS1(=O)=O)Oc1ccc(C)cc1NC2=O. The maximum atomic E-state index is 12.3. The molecule has 0 radical (unpaired) electrons. The van der Waals surface area contributed by atoms with Crippen LogP contribution in [0.2, 0.25) is 0 Å². The summed E-state index contributed by atoms with van der Waals surface area (Å²) in [6.45, 7) is 3.74. The number of benzene rings is 1. The number of anilines is 1. The first-order valence-electron chi connectivity index (χ1n) is 6.69. The molecule has 1 saturated heterocycles. The summed E-state index contributed by atoms with van der Waals surface area (Å²) in [5, 5.41) is 2.29. The van der Waals surface area contributed by atoms with Crippen LogP contribution in [0.25, 0.3) is 0 Å². The molecule has 2 aliphatic heterocycles. The average Bonchev–Trinajstić information content (AvgIpc) is 2.63. The van der Waals surface area contributed by atoms with Gasteiger partial charge in [0.1, 0.15) is 5.75 Å². The van der Waals surface area contributed by atoms with E-state index >= 15 is 0 Å². The summed E-state index contributed by atoms with van der Waals surface area (Å²) in [6, 6.07) is 5.48. The first-order valence-corrected chi connectivity index (χ1v) is 8.40. The van der Waals surface area contributed by atoms with Crippen molar-refractivity contribution in [3.8, 4) is 5.75 Å². The summed E-state index contributed by atoms with van der Waals surface area (Å²) >= 11 is 0. The number of fused-ring (bicyclic) bond motifs is 1. The fraction of sp³-hybridized carbons (Fsp3) is 0.500. The largest absolute Gasteiger partial charge is 0.474 e. The lowest BCUT2D eigenvalue weighted by molar-refractivity contribution is -0.130. The Kier molecular flexibility index (Phi) is 2.83. The molecule has 1 amide bonds. The fourth-order valence-electron chi connectivity index (χ4n) is 2.95.